The lowest BCUT2D eigenvalue weighted by Crippen LogP contribution is -2.16. The first-order valence-corrected chi connectivity index (χ1v) is 9.62. The minimum Gasteiger partial charge on any atom is -0.232 e. The highest BCUT2D eigenvalue weighted by Crippen LogP contribution is 2.24. The SMILES string of the molecule is Cc1ccc(S(=O)(=O)n2c(CCC(C)C)nc3ccccc32)cc1. The Morgan fingerprint density at radius 3 is 2.38 bits per heavy atom. The lowest BCUT2D eigenvalue weighted by molar-refractivity contribution is 0.563. The van der Waals surface area contributed by atoms with E-state index in [0.29, 0.717) is 34.1 Å². The Kier molecular flexibility index (Phi) is 4.45. The van der Waals surface area contributed by atoms with Gasteiger partial charge in [0.1, 0.15) is 5.82 Å². The zero-order valence-corrected chi connectivity index (χ0v) is 15.0. The molecule has 0 bridgehead atoms. The van der Waals surface area contributed by atoms with Crippen LogP contribution in [0.2, 0.25) is 0 Å². The molecule has 0 saturated carbocycles. The van der Waals surface area contributed by atoms with Gasteiger partial charge in [-0.1, -0.05) is 43.7 Å². The van der Waals surface area contributed by atoms with Gasteiger partial charge in [0.25, 0.3) is 10.0 Å². The summed E-state index contributed by atoms with van der Waals surface area (Å²) in [6, 6.07) is 14.3. The number of rotatable bonds is 5. The van der Waals surface area contributed by atoms with Crippen molar-refractivity contribution >= 4 is 21.1 Å². The number of para-hydroxylation sites is 2. The monoisotopic (exact) mass is 342 g/mol. The normalized spacial score (nSPS) is 12.2. The topological polar surface area (TPSA) is 52.0 Å². The standard InChI is InChI=1S/C19H22N2O2S/c1-14(2)8-13-19-20-17-6-4-5-7-18(17)21(19)24(22,23)16-11-9-15(3)10-12-16/h4-7,9-12,14H,8,13H2,1-3H3. The van der Waals surface area contributed by atoms with Crippen molar-refractivity contribution in [2.45, 2.75) is 38.5 Å². The van der Waals surface area contributed by atoms with Gasteiger partial charge in [0.05, 0.1) is 15.9 Å². The first-order chi connectivity index (χ1) is 11.4. The summed E-state index contributed by atoms with van der Waals surface area (Å²) in [5.41, 5.74) is 2.38. The van der Waals surface area contributed by atoms with Crippen LogP contribution < -0.4 is 0 Å². The predicted octanol–water partition coefficient (Wildman–Crippen LogP) is 4.17. The van der Waals surface area contributed by atoms with E-state index in [1.54, 1.807) is 12.1 Å². The molecule has 0 saturated heterocycles. The number of nitrogens with zero attached hydrogens (tertiary/aromatic N) is 2. The van der Waals surface area contributed by atoms with Crippen LogP contribution >= 0.6 is 0 Å². The van der Waals surface area contributed by atoms with Gasteiger partial charge < -0.3 is 0 Å². The van der Waals surface area contributed by atoms with Crippen LogP contribution in [0.15, 0.2) is 53.4 Å². The maximum absolute atomic E-state index is 13.2. The summed E-state index contributed by atoms with van der Waals surface area (Å²) in [6.07, 6.45) is 1.53. The molecule has 0 radical (unpaired) electrons. The van der Waals surface area contributed by atoms with Gasteiger partial charge >= 0.3 is 0 Å². The van der Waals surface area contributed by atoms with Crippen molar-refractivity contribution in [3.8, 4) is 0 Å². The molecule has 0 aliphatic heterocycles. The minimum absolute atomic E-state index is 0.294. The Balaban J connectivity index is 2.19. The molecule has 126 valence electrons. The van der Waals surface area contributed by atoms with Crippen LogP contribution in [0.4, 0.5) is 0 Å². The fraction of sp³-hybridized carbons (Fsp3) is 0.316. The number of hydrogen-bond donors (Lipinski definition) is 0. The van der Waals surface area contributed by atoms with Gasteiger partial charge in [0, 0.05) is 6.42 Å². The first kappa shape index (κ1) is 16.7. The average molecular weight is 342 g/mol. The molecule has 2 aromatic carbocycles. The molecule has 0 aliphatic rings. The number of hydrogen-bond acceptors (Lipinski definition) is 3. The summed E-state index contributed by atoms with van der Waals surface area (Å²) in [4.78, 5) is 4.87. The molecule has 5 heteroatoms. The lowest BCUT2D eigenvalue weighted by Gasteiger charge is -2.11. The summed E-state index contributed by atoms with van der Waals surface area (Å²) in [7, 11) is -3.66. The van der Waals surface area contributed by atoms with Gasteiger partial charge in [0.15, 0.2) is 0 Å². The van der Waals surface area contributed by atoms with Crippen molar-refractivity contribution in [3.05, 3.63) is 59.9 Å². The third-order valence-corrected chi connectivity index (χ3v) is 5.85. The molecule has 0 N–H and O–H groups in total. The van der Waals surface area contributed by atoms with Crippen molar-refractivity contribution in [1.82, 2.24) is 8.96 Å². The number of imidazole rings is 1. The van der Waals surface area contributed by atoms with Gasteiger partial charge in [-0.2, -0.15) is 0 Å². The fourth-order valence-corrected chi connectivity index (χ4v) is 4.23. The molecule has 4 nitrogen and oxygen atoms in total. The second-order valence-corrected chi connectivity index (χ2v) is 8.32. The average Bonchev–Trinajstić information content (AvgIpc) is 2.92. The molecule has 1 heterocycles. The number of aryl methyl sites for hydroxylation is 2. The highest BCUT2D eigenvalue weighted by atomic mass is 32.2. The summed E-state index contributed by atoms with van der Waals surface area (Å²) < 4.78 is 27.8. The number of benzene rings is 2. The molecular weight excluding hydrogens is 320 g/mol. The Morgan fingerprint density at radius 2 is 1.71 bits per heavy atom. The van der Waals surface area contributed by atoms with Crippen molar-refractivity contribution in [2.24, 2.45) is 5.92 Å². The van der Waals surface area contributed by atoms with Crippen LogP contribution in [-0.2, 0) is 16.4 Å². The van der Waals surface area contributed by atoms with Gasteiger partial charge in [-0.05, 0) is 43.5 Å². The molecule has 1 aromatic heterocycles. The van der Waals surface area contributed by atoms with Crippen molar-refractivity contribution in [1.29, 1.82) is 0 Å². The van der Waals surface area contributed by atoms with Crippen LogP contribution in [-0.4, -0.2) is 17.4 Å². The zero-order chi connectivity index (χ0) is 17.3. The molecule has 0 amide bonds. The van der Waals surface area contributed by atoms with Crippen LogP contribution in [0, 0.1) is 12.8 Å². The summed E-state index contributed by atoms with van der Waals surface area (Å²) in [6.45, 7) is 6.19. The van der Waals surface area contributed by atoms with E-state index in [-0.39, 0.29) is 0 Å². The van der Waals surface area contributed by atoms with E-state index in [9.17, 15) is 8.42 Å². The molecule has 0 unspecified atom stereocenters. The molecule has 3 rings (SSSR count). The highest BCUT2D eigenvalue weighted by molar-refractivity contribution is 7.90. The van der Waals surface area contributed by atoms with Crippen molar-refractivity contribution < 1.29 is 8.42 Å². The van der Waals surface area contributed by atoms with E-state index >= 15 is 0 Å². The molecular formula is C19H22N2O2S. The summed E-state index contributed by atoms with van der Waals surface area (Å²) in [5, 5.41) is 0. The van der Waals surface area contributed by atoms with Gasteiger partial charge in [-0.25, -0.2) is 17.4 Å². The smallest absolute Gasteiger partial charge is 0.232 e. The summed E-state index contributed by atoms with van der Waals surface area (Å²) in [5.74, 6) is 1.09. The van der Waals surface area contributed by atoms with E-state index < -0.39 is 10.0 Å². The Hall–Kier alpha value is -2.14. The van der Waals surface area contributed by atoms with E-state index in [1.807, 2.05) is 43.3 Å². The molecule has 3 aromatic rings. The molecule has 0 fully saturated rings. The van der Waals surface area contributed by atoms with Crippen molar-refractivity contribution in [3.63, 3.8) is 0 Å². The molecule has 24 heavy (non-hydrogen) atoms. The van der Waals surface area contributed by atoms with Gasteiger partial charge in [-0.15, -0.1) is 0 Å². The fourth-order valence-electron chi connectivity index (χ4n) is 2.71. The second-order valence-electron chi connectivity index (χ2n) is 6.53. The van der Waals surface area contributed by atoms with E-state index in [4.69, 9.17) is 0 Å². The number of aromatic nitrogens is 2. The van der Waals surface area contributed by atoms with E-state index in [1.165, 1.54) is 3.97 Å². The Labute approximate surface area is 143 Å². The predicted molar refractivity (Wildman–Crippen MR) is 96.7 cm³/mol. The Bertz CT molecular complexity index is 955. The summed E-state index contributed by atoms with van der Waals surface area (Å²) >= 11 is 0. The molecule has 0 spiro atoms. The van der Waals surface area contributed by atoms with Gasteiger partial charge in [0.2, 0.25) is 0 Å². The maximum Gasteiger partial charge on any atom is 0.269 e. The van der Waals surface area contributed by atoms with Crippen LogP contribution in [0.1, 0.15) is 31.7 Å². The van der Waals surface area contributed by atoms with E-state index in [0.717, 1.165) is 12.0 Å². The number of fused-ring (bicyclic) bond motifs is 1. The largest absolute Gasteiger partial charge is 0.269 e. The van der Waals surface area contributed by atoms with Crippen LogP contribution in [0.3, 0.4) is 0 Å². The highest BCUT2D eigenvalue weighted by Gasteiger charge is 2.24. The third-order valence-electron chi connectivity index (χ3n) is 4.09. The Morgan fingerprint density at radius 1 is 1.04 bits per heavy atom. The van der Waals surface area contributed by atoms with Crippen LogP contribution in [0.25, 0.3) is 11.0 Å². The third kappa shape index (κ3) is 3.08. The zero-order valence-electron chi connectivity index (χ0n) is 14.2. The van der Waals surface area contributed by atoms with Gasteiger partial charge in [-0.3, -0.25) is 0 Å². The minimum atomic E-state index is -3.66. The van der Waals surface area contributed by atoms with Crippen LogP contribution in [0.5, 0.6) is 0 Å². The lowest BCUT2D eigenvalue weighted by atomic mass is 10.1. The van der Waals surface area contributed by atoms with Crippen molar-refractivity contribution in [2.75, 3.05) is 0 Å². The maximum atomic E-state index is 13.2. The molecule has 0 aliphatic carbocycles. The second kappa shape index (κ2) is 6.40. The van der Waals surface area contributed by atoms with E-state index in [2.05, 4.69) is 18.8 Å². The first-order valence-electron chi connectivity index (χ1n) is 8.18. The quantitative estimate of drug-likeness (QED) is 0.699. The molecule has 0 atom stereocenters.